The zero-order valence-electron chi connectivity index (χ0n) is 15.1. The van der Waals surface area contributed by atoms with E-state index in [4.69, 9.17) is 4.74 Å². The van der Waals surface area contributed by atoms with Gasteiger partial charge in [-0.15, -0.1) is 0 Å². The molecule has 0 N–H and O–H groups in total. The predicted molar refractivity (Wildman–Crippen MR) is 92.6 cm³/mol. The molecular weight excluding hydrogens is 288 g/mol. The normalized spacial score (nSPS) is 21.7. The third-order valence-electron chi connectivity index (χ3n) is 4.43. The quantitative estimate of drug-likeness (QED) is 0.830. The second-order valence-electron chi connectivity index (χ2n) is 7.03. The van der Waals surface area contributed by atoms with E-state index in [2.05, 4.69) is 25.8 Å². The number of amides is 1. The number of rotatable bonds is 5. The Morgan fingerprint density at radius 2 is 1.96 bits per heavy atom. The molecule has 1 aromatic heterocycles. The van der Waals surface area contributed by atoms with Crippen LogP contribution in [0.4, 0.5) is 0 Å². The van der Waals surface area contributed by atoms with Crippen LogP contribution in [0.5, 0.6) is 0 Å². The van der Waals surface area contributed by atoms with Crippen LogP contribution in [0.1, 0.15) is 61.8 Å². The highest BCUT2D eigenvalue weighted by Gasteiger charge is 2.32. The minimum Gasteiger partial charge on any atom is -0.371 e. The van der Waals surface area contributed by atoms with Crippen molar-refractivity contribution in [2.24, 2.45) is 5.92 Å². The number of aromatic nitrogens is 1. The highest BCUT2D eigenvalue weighted by Crippen LogP contribution is 2.22. The number of aryl methyl sites for hydroxylation is 2. The standard InChI is InChI=1S/C19H30N2O2/c1-6-7-8-17-11-21(12-18(23-17)13(2)3)19(22)16-9-14(4)20-15(5)10-16/h9-10,13,17-18H,6-8,11-12H2,1-5H3. The fraction of sp³-hybridized carbons (Fsp3) is 0.684. The number of carbonyl (C=O) groups excluding carboxylic acids is 1. The van der Waals surface area contributed by atoms with Crippen LogP contribution in [0.2, 0.25) is 0 Å². The summed E-state index contributed by atoms with van der Waals surface area (Å²) >= 11 is 0. The molecule has 2 atom stereocenters. The first-order valence-corrected chi connectivity index (χ1v) is 8.80. The van der Waals surface area contributed by atoms with E-state index in [1.165, 1.54) is 0 Å². The van der Waals surface area contributed by atoms with Crippen LogP contribution in [0, 0.1) is 19.8 Å². The fourth-order valence-electron chi connectivity index (χ4n) is 3.14. The summed E-state index contributed by atoms with van der Waals surface area (Å²) in [6.45, 7) is 11.8. The Hall–Kier alpha value is -1.42. The van der Waals surface area contributed by atoms with Crippen LogP contribution in [0.25, 0.3) is 0 Å². The van der Waals surface area contributed by atoms with Gasteiger partial charge < -0.3 is 9.64 Å². The van der Waals surface area contributed by atoms with Crippen LogP contribution in [0.3, 0.4) is 0 Å². The number of hydrogen-bond acceptors (Lipinski definition) is 3. The van der Waals surface area contributed by atoms with Crippen LogP contribution >= 0.6 is 0 Å². The molecule has 4 nitrogen and oxygen atoms in total. The molecule has 0 aliphatic carbocycles. The molecule has 23 heavy (non-hydrogen) atoms. The van der Waals surface area contributed by atoms with E-state index in [1.54, 1.807) is 0 Å². The molecule has 0 aromatic carbocycles. The molecule has 1 aliphatic rings. The molecule has 128 valence electrons. The Morgan fingerprint density at radius 1 is 1.30 bits per heavy atom. The smallest absolute Gasteiger partial charge is 0.254 e. The molecule has 2 unspecified atom stereocenters. The maximum atomic E-state index is 12.9. The third-order valence-corrected chi connectivity index (χ3v) is 4.43. The van der Waals surface area contributed by atoms with Gasteiger partial charge in [0, 0.05) is 30.0 Å². The van der Waals surface area contributed by atoms with Crippen molar-refractivity contribution in [2.45, 2.75) is 66.1 Å². The highest BCUT2D eigenvalue weighted by molar-refractivity contribution is 5.94. The molecule has 0 bridgehead atoms. The van der Waals surface area contributed by atoms with Crippen LogP contribution in [0.15, 0.2) is 12.1 Å². The lowest BCUT2D eigenvalue weighted by Crippen LogP contribution is -2.51. The van der Waals surface area contributed by atoms with Gasteiger partial charge in [-0.3, -0.25) is 9.78 Å². The maximum Gasteiger partial charge on any atom is 0.254 e. The molecule has 1 fully saturated rings. The molecule has 1 aliphatic heterocycles. The Bertz CT molecular complexity index is 522. The third kappa shape index (κ3) is 4.77. The summed E-state index contributed by atoms with van der Waals surface area (Å²) in [5, 5.41) is 0. The predicted octanol–water partition coefficient (Wildman–Crippen LogP) is 3.75. The molecule has 0 spiro atoms. The molecule has 2 heterocycles. The van der Waals surface area contributed by atoms with Crippen molar-refractivity contribution in [3.05, 3.63) is 29.1 Å². The van der Waals surface area contributed by atoms with E-state index in [0.29, 0.717) is 19.0 Å². The van der Waals surface area contributed by atoms with Gasteiger partial charge in [-0.25, -0.2) is 0 Å². The van der Waals surface area contributed by atoms with Crippen molar-refractivity contribution in [3.8, 4) is 0 Å². The number of nitrogens with zero attached hydrogens (tertiary/aromatic N) is 2. The summed E-state index contributed by atoms with van der Waals surface area (Å²) in [5.74, 6) is 0.518. The van der Waals surface area contributed by atoms with Gasteiger partial charge in [0.2, 0.25) is 0 Å². The van der Waals surface area contributed by atoms with E-state index < -0.39 is 0 Å². The lowest BCUT2D eigenvalue weighted by Gasteiger charge is -2.40. The summed E-state index contributed by atoms with van der Waals surface area (Å²) in [5.41, 5.74) is 2.53. The molecule has 2 rings (SSSR count). The summed E-state index contributed by atoms with van der Waals surface area (Å²) in [7, 11) is 0. The maximum absolute atomic E-state index is 12.9. The summed E-state index contributed by atoms with van der Waals surface area (Å²) in [4.78, 5) is 19.3. The van der Waals surface area contributed by atoms with Crippen molar-refractivity contribution < 1.29 is 9.53 Å². The number of hydrogen-bond donors (Lipinski definition) is 0. The van der Waals surface area contributed by atoms with Gasteiger partial charge in [0.05, 0.1) is 12.2 Å². The zero-order chi connectivity index (χ0) is 17.0. The van der Waals surface area contributed by atoms with Crippen molar-refractivity contribution in [1.82, 2.24) is 9.88 Å². The average molecular weight is 318 g/mol. The minimum absolute atomic E-state index is 0.106. The SMILES string of the molecule is CCCCC1CN(C(=O)c2cc(C)nc(C)c2)CC(C(C)C)O1. The minimum atomic E-state index is 0.106. The molecule has 0 saturated carbocycles. The molecular formula is C19H30N2O2. The lowest BCUT2D eigenvalue weighted by molar-refractivity contribution is -0.0962. The van der Waals surface area contributed by atoms with Gasteiger partial charge in [0.25, 0.3) is 5.91 Å². The fourth-order valence-corrected chi connectivity index (χ4v) is 3.14. The summed E-state index contributed by atoms with van der Waals surface area (Å²) in [6.07, 6.45) is 3.61. The van der Waals surface area contributed by atoms with Crippen molar-refractivity contribution in [3.63, 3.8) is 0 Å². The number of ether oxygens (including phenoxy) is 1. The van der Waals surface area contributed by atoms with E-state index in [-0.39, 0.29) is 18.1 Å². The largest absolute Gasteiger partial charge is 0.371 e. The molecule has 4 heteroatoms. The topological polar surface area (TPSA) is 42.4 Å². The molecule has 0 radical (unpaired) electrons. The van der Waals surface area contributed by atoms with E-state index in [0.717, 1.165) is 36.2 Å². The monoisotopic (exact) mass is 318 g/mol. The Kier molecular flexibility index (Phi) is 6.17. The van der Waals surface area contributed by atoms with Gasteiger partial charge >= 0.3 is 0 Å². The highest BCUT2D eigenvalue weighted by atomic mass is 16.5. The van der Waals surface area contributed by atoms with Gasteiger partial charge in [0.15, 0.2) is 0 Å². The van der Waals surface area contributed by atoms with Gasteiger partial charge in [-0.05, 0) is 38.3 Å². The van der Waals surface area contributed by atoms with Crippen molar-refractivity contribution >= 4 is 5.91 Å². The first-order valence-electron chi connectivity index (χ1n) is 8.80. The Balaban J connectivity index is 2.16. The summed E-state index contributed by atoms with van der Waals surface area (Å²) in [6, 6.07) is 3.77. The van der Waals surface area contributed by atoms with E-state index >= 15 is 0 Å². The van der Waals surface area contributed by atoms with Gasteiger partial charge in [-0.1, -0.05) is 33.6 Å². The van der Waals surface area contributed by atoms with E-state index in [9.17, 15) is 4.79 Å². The zero-order valence-corrected chi connectivity index (χ0v) is 15.1. The Labute approximate surface area is 140 Å². The number of unbranched alkanes of at least 4 members (excludes halogenated alkanes) is 1. The van der Waals surface area contributed by atoms with Crippen molar-refractivity contribution in [2.75, 3.05) is 13.1 Å². The number of carbonyl (C=O) groups is 1. The van der Waals surface area contributed by atoms with Gasteiger partial charge in [-0.2, -0.15) is 0 Å². The Morgan fingerprint density at radius 3 is 2.52 bits per heavy atom. The number of pyridine rings is 1. The van der Waals surface area contributed by atoms with Crippen LogP contribution in [-0.4, -0.2) is 41.1 Å². The van der Waals surface area contributed by atoms with Crippen LogP contribution < -0.4 is 0 Å². The lowest BCUT2D eigenvalue weighted by atomic mass is 10.0. The number of morpholine rings is 1. The molecule has 1 amide bonds. The summed E-state index contributed by atoms with van der Waals surface area (Å²) < 4.78 is 6.21. The molecule has 1 aromatic rings. The first-order chi connectivity index (χ1) is 10.9. The second kappa shape index (κ2) is 7.91. The first kappa shape index (κ1) is 17.9. The van der Waals surface area contributed by atoms with Crippen molar-refractivity contribution in [1.29, 1.82) is 0 Å². The van der Waals surface area contributed by atoms with Gasteiger partial charge in [0.1, 0.15) is 0 Å². The average Bonchev–Trinajstić information content (AvgIpc) is 2.50. The van der Waals surface area contributed by atoms with Crippen LogP contribution in [-0.2, 0) is 4.74 Å². The second-order valence-corrected chi connectivity index (χ2v) is 7.03. The van der Waals surface area contributed by atoms with E-state index in [1.807, 2.05) is 30.9 Å². The molecule has 1 saturated heterocycles.